The average Bonchev–Trinajstić information content (AvgIpc) is 3.39. The fraction of sp³-hybridized carbons (Fsp3) is 0.304. The third-order valence-electron chi connectivity index (χ3n) is 6.59. The minimum absolute atomic E-state index is 0.137. The van der Waals surface area contributed by atoms with Crippen molar-refractivity contribution >= 4 is 17.3 Å². The van der Waals surface area contributed by atoms with Gasteiger partial charge in [-0.05, 0) is 25.5 Å². The molecule has 0 aliphatic carbocycles. The summed E-state index contributed by atoms with van der Waals surface area (Å²) in [5.74, 6) is -0.862. The Hall–Kier alpha value is -3.52. The minimum Gasteiger partial charge on any atom is -0.353 e. The molecule has 1 N–H and O–H groups in total. The van der Waals surface area contributed by atoms with Crippen LogP contribution in [0.3, 0.4) is 0 Å². The molecule has 8 heteroatoms. The van der Waals surface area contributed by atoms with Gasteiger partial charge < -0.3 is 9.42 Å². The van der Waals surface area contributed by atoms with Crippen LogP contribution in [0.5, 0.6) is 0 Å². The number of rotatable bonds is 3. The van der Waals surface area contributed by atoms with Crippen LogP contribution in [-0.2, 0) is 10.3 Å². The van der Waals surface area contributed by atoms with Gasteiger partial charge in [0.25, 0.3) is 5.91 Å². The number of carbonyl (C=O) groups excluding carboxylic acids is 1. The number of hydrogen-bond donors (Lipinski definition) is 1. The van der Waals surface area contributed by atoms with Crippen LogP contribution in [0.25, 0.3) is 0 Å². The standard InChI is InChI=1S/C23H22N4O4/c1-13-7-6-8-15(11-13)16-12-24-23(17-9-4-5-10-18(17)26(3)22(23)28)19(16)21-20(27(29)30)14(2)25-31-21/h4-11,16,19,24H,12H2,1-3H3/t16-,19+,23-/m0/s1. The van der Waals surface area contributed by atoms with E-state index in [1.807, 2.05) is 49.4 Å². The van der Waals surface area contributed by atoms with Crippen molar-refractivity contribution in [3.8, 4) is 0 Å². The second-order valence-electron chi connectivity index (χ2n) is 8.31. The maximum Gasteiger partial charge on any atom is 0.334 e. The number of fused-ring (bicyclic) bond motifs is 2. The van der Waals surface area contributed by atoms with Crippen LogP contribution in [0, 0.1) is 24.0 Å². The molecule has 158 valence electrons. The first-order valence-corrected chi connectivity index (χ1v) is 10.2. The first-order chi connectivity index (χ1) is 14.9. The summed E-state index contributed by atoms with van der Waals surface area (Å²) in [4.78, 5) is 26.8. The summed E-state index contributed by atoms with van der Waals surface area (Å²) >= 11 is 0. The smallest absolute Gasteiger partial charge is 0.334 e. The summed E-state index contributed by atoms with van der Waals surface area (Å²) < 4.78 is 5.61. The largest absolute Gasteiger partial charge is 0.353 e. The number of nitro groups is 1. The van der Waals surface area contributed by atoms with Crippen LogP contribution in [-0.4, -0.2) is 29.6 Å². The third kappa shape index (κ3) is 2.58. The van der Waals surface area contributed by atoms with Crippen LogP contribution in [0.15, 0.2) is 53.1 Å². The van der Waals surface area contributed by atoms with E-state index in [4.69, 9.17) is 4.52 Å². The Morgan fingerprint density at radius 2 is 2.00 bits per heavy atom. The van der Waals surface area contributed by atoms with Crippen molar-refractivity contribution in [2.45, 2.75) is 31.2 Å². The van der Waals surface area contributed by atoms with Gasteiger partial charge in [-0.2, -0.15) is 0 Å². The number of aromatic nitrogens is 1. The molecule has 31 heavy (non-hydrogen) atoms. The summed E-state index contributed by atoms with van der Waals surface area (Å²) in [6, 6.07) is 15.6. The van der Waals surface area contributed by atoms with Crippen molar-refractivity contribution in [3.05, 3.63) is 86.8 Å². The number of nitrogens with one attached hydrogen (secondary N) is 1. The van der Waals surface area contributed by atoms with Crippen molar-refractivity contribution < 1.29 is 14.2 Å². The Morgan fingerprint density at radius 1 is 1.23 bits per heavy atom. The quantitative estimate of drug-likeness (QED) is 0.516. The van der Waals surface area contributed by atoms with Crippen LogP contribution in [0.1, 0.15) is 40.0 Å². The van der Waals surface area contributed by atoms with Gasteiger partial charge >= 0.3 is 5.69 Å². The van der Waals surface area contributed by atoms with Gasteiger partial charge in [-0.1, -0.05) is 53.2 Å². The lowest BCUT2D eigenvalue weighted by atomic mass is 9.72. The van der Waals surface area contributed by atoms with E-state index in [0.29, 0.717) is 6.54 Å². The summed E-state index contributed by atoms with van der Waals surface area (Å²) in [6.45, 7) is 4.03. The molecule has 1 aromatic heterocycles. The van der Waals surface area contributed by atoms with Gasteiger partial charge in [0.2, 0.25) is 5.76 Å². The van der Waals surface area contributed by atoms with Crippen LogP contribution in [0.2, 0.25) is 0 Å². The van der Waals surface area contributed by atoms with E-state index in [0.717, 1.165) is 22.4 Å². The second-order valence-corrected chi connectivity index (χ2v) is 8.31. The fourth-order valence-corrected chi connectivity index (χ4v) is 5.26. The summed E-state index contributed by atoms with van der Waals surface area (Å²) in [6.07, 6.45) is 0. The lowest BCUT2D eigenvalue weighted by molar-refractivity contribution is -0.386. The van der Waals surface area contributed by atoms with E-state index in [1.165, 1.54) is 0 Å². The number of anilines is 1. The third-order valence-corrected chi connectivity index (χ3v) is 6.59. The number of amides is 1. The Balaban J connectivity index is 1.79. The monoisotopic (exact) mass is 418 g/mol. The number of nitrogens with zero attached hydrogens (tertiary/aromatic N) is 3. The van der Waals surface area contributed by atoms with Gasteiger partial charge in [-0.3, -0.25) is 20.2 Å². The highest BCUT2D eigenvalue weighted by Gasteiger charge is 2.63. The van der Waals surface area contributed by atoms with Gasteiger partial charge in [-0.15, -0.1) is 0 Å². The van der Waals surface area contributed by atoms with E-state index in [1.54, 1.807) is 18.9 Å². The normalized spacial score (nSPS) is 24.7. The molecule has 1 spiro atoms. The molecular formula is C23H22N4O4. The predicted octanol–water partition coefficient (Wildman–Crippen LogP) is 3.54. The fourth-order valence-electron chi connectivity index (χ4n) is 5.26. The Kier molecular flexibility index (Phi) is 4.23. The number of benzene rings is 2. The van der Waals surface area contributed by atoms with Gasteiger partial charge in [0.15, 0.2) is 5.69 Å². The van der Waals surface area contributed by atoms with Crippen molar-refractivity contribution in [1.82, 2.24) is 10.5 Å². The zero-order valence-corrected chi connectivity index (χ0v) is 17.5. The highest BCUT2D eigenvalue weighted by Crippen LogP contribution is 2.57. The van der Waals surface area contributed by atoms with Crippen LogP contribution in [0.4, 0.5) is 11.4 Å². The Labute approximate surface area is 179 Å². The molecule has 1 saturated heterocycles. The number of aryl methyl sites for hydroxylation is 2. The Morgan fingerprint density at radius 3 is 2.74 bits per heavy atom. The van der Waals surface area contributed by atoms with Crippen LogP contribution >= 0.6 is 0 Å². The topological polar surface area (TPSA) is 102 Å². The van der Waals surface area contributed by atoms with Crippen molar-refractivity contribution in [2.75, 3.05) is 18.5 Å². The molecule has 0 unspecified atom stereocenters. The molecule has 2 aliphatic heterocycles. The molecule has 1 amide bonds. The molecule has 3 atom stereocenters. The maximum absolute atomic E-state index is 13.7. The molecule has 3 aromatic rings. The van der Waals surface area contributed by atoms with Crippen LogP contribution < -0.4 is 10.2 Å². The summed E-state index contributed by atoms with van der Waals surface area (Å²) in [5, 5.41) is 19.3. The summed E-state index contributed by atoms with van der Waals surface area (Å²) in [7, 11) is 1.73. The molecule has 2 aliphatic rings. The van der Waals surface area contributed by atoms with Crippen molar-refractivity contribution in [1.29, 1.82) is 0 Å². The molecule has 2 aromatic carbocycles. The molecule has 8 nitrogen and oxygen atoms in total. The zero-order chi connectivity index (χ0) is 21.9. The van der Waals surface area contributed by atoms with Gasteiger partial charge in [0, 0.05) is 30.8 Å². The lowest BCUT2D eigenvalue weighted by Crippen LogP contribution is -2.49. The lowest BCUT2D eigenvalue weighted by Gasteiger charge is -2.30. The molecule has 0 radical (unpaired) electrons. The van der Waals surface area contributed by atoms with Gasteiger partial charge in [-0.25, -0.2) is 0 Å². The van der Waals surface area contributed by atoms with Crippen molar-refractivity contribution in [2.24, 2.45) is 0 Å². The Bertz CT molecular complexity index is 1220. The van der Waals surface area contributed by atoms with Gasteiger partial charge in [0.05, 0.1) is 10.8 Å². The highest BCUT2D eigenvalue weighted by molar-refractivity contribution is 6.08. The molecular weight excluding hydrogens is 396 g/mol. The van der Waals surface area contributed by atoms with E-state index < -0.39 is 16.4 Å². The number of likely N-dealkylation sites (N-methyl/N-ethyl adjacent to an activating group) is 1. The van der Waals surface area contributed by atoms with E-state index in [9.17, 15) is 14.9 Å². The molecule has 5 rings (SSSR count). The van der Waals surface area contributed by atoms with E-state index >= 15 is 0 Å². The van der Waals surface area contributed by atoms with E-state index in [2.05, 4.69) is 16.5 Å². The molecule has 0 bridgehead atoms. The molecule has 1 fully saturated rings. The predicted molar refractivity (Wildman–Crippen MR) is 114 cm³/mol. The SMILES string of the molecule is Cc1cccc([C@@H]2CN[C@]3(C(=O)N(C)c4ccccc43)[C@H]2c2onc(C)c2[N+](=O)[O-])c1. The van der Waals surface area contributed by atoms with Crippen molar-refractivity contribution in [3.63, 3.8) is 0 Å². The zero-order valence-electron chi connectivity index (χ0n) is 17.5. The summed E-state index contributed by atoms with van der Waals surface area (Å²) in [5.41, 5.74) is 2.53. The number of carbonyl (C=O) groups is 1. The number of para-hydroxylation sites is 1. The molecule has 3 heterocycles. The minimum atomic E-state index is -1.17. The average molecular weight is 418 g/mol. The van der Waals surface area contributed by atoms with Gasteiger partial charge in [0.1, 0.15) is 5.54 Å². The van der Waals surface area contributed by atoms with E-state index in [-0.39, 0.29) is 29.0 Å². The molecule has 0 saturated carbocycles. The first kappa shape index (κ1) is 19.4. The maximum atomic E-state index is 13.7. The number of hydrogen-bond acceptors (Lipinski definition) is 6. The second kappa shape index (κ2) is 6.75. The highest BCUT2D eigenvalue weighted by atomic mass is 16.6. The first-order valence-electron chi connectivity index (χ1n) is 10.2.